The number of nitrogens with one attached hydrogen (secondary N) is 1. The van der Waals surface area contributed by atoms with Crippen LogP contribution in [-0.4, -0.2) is 28.2 Å². The van der Waals surface area contributed by atoms with Crippen molar-refractivity contribution < 1.29 is 9.59 Å². The number of aromatic nitrogens is 2. The lowest BCUT2D eigenvalue weighted by molar-refractivity contribution is -0.114. The minimum atomic E-state index is -0.369. The summed E-state index contributed by atoms with van der Waals surface area (Å²) in [7, 11) is 0. The molecule has 1 aliphatic rings. The van der Waals surface area contributed by atoms with Gasteiger partial charge in [-0.15, -0.1) is 0 Å². The van der Waals surface area contributed by atoms with Gasteiger partial charge in [0.25, 0.3) is 0 Å². The molecule has 0 fully saturated rings. The Balaban J connectivity index is 1.72. The number of allylic oxidation sites excluding steroid dienone is 1. The number of anilines is 3. The van der Waals surface area contributed by atoms with Crippen LogP contribution in [0.3, 0.4) is 0 Å². The van der Waals surface area contributed by atoms with E-state index in [0.717, 1.165) is 35.4 Å². The first-order valence-electron chi connectivity index (χ1n) is 8.81. The van der Waals surface area contributed by atoms with Crippen LogP contribution in [0.1, 0.15) is 12.5 Å². The molecular formula is C21H17ClN4O2. The number of fused-ring (bicyclic) bond motifs is 2. The maximum Gasteiger partial charge on any atom is 0.248 e. The molecule has 0 unspecified atom stereocenters. The highest BCUT2D eigenvalue weighted by molar-refractivity contribution is 6.31. The molecule has 0 radical (unpaired) electrons. The fraction of sp³-hybridized carbons (Fsp3) is 0.143. The topological polar surface area (TPSA) is 75.2 Å². The molecule has 0 spiro atoms. The molecule has 1 amide bonds. The summed E-state index contributed by atoms with van der Waals surface area (Å²) in [6.07, 6.45) is 4.89. The number of hydrogen-bond acceptors (Lipinski definition) is 5. The summed E-state index contributed by atoms with van der Waals surface area (Å²) in [5, 5.41) is 4.26. The second-order valence-corrected chi connectivity index (χ2v) is 6.97. The van der Waals surface area contributed by atoms with Gasteiger partial charge in [-0.2, -0.15) is 0 Å². The molecule has 0 bridgehead atoms. The number of halogens is 1. The largest absolute Gasteiger partial charge is 0.325 e. The smallest absolute Gasteiger partial charge is 0.248 e. The molecule has 1 N–H and O–H groups in total. The molecule has 2 heterocycles. The van der Waals surface area contributed by atoms with Gasteiger partial charge in [-0.1, -0.05) is 17.7 Å². The predicted octanol–water partition coefficient (Wildman–Crippen LogP) is 4.06. The average Bonchev–Trinajstić information content (AvgIpc) is 3.08. The molecule has 140 valence electrons. The normalized spacial score (nSPS) is 13.1. The van der Waals surface area contributed by atoms with Gasteiger partial charge in [0, 0.05) is 34.4 Å². The number of ketones is 1. The Hall–Kier alpha value is -3.25. The highest BCUT2D eigenvalue weighted by atomic mass is 35.5. The first-order chi connectivity index (χ1) is 13.5. The zero-order valence-electron chi connectivity index (χ0n) is 15.1. The fourth-order valence-electron chi connectivity index (χ4n) is 3.29. The van der Waals surface area contributed by atoms with Gasteiger partial charge in [0.05, 0.1) is 5.52 Å². The third-order valence-electron chi connectivity index (χ3n) is 4.55. The van der Waals surface area contributed by atoms with E-state index < -0.39 is 0 Å². The lowest BCUT2D eigenvalue weighted by Crippen LogP contribution is -2.15. The Labute approximate surface area is 166 Å². The van der Waals surface area contributed by atoms with E-state index in [-0.39, 0.29) is 11.7 Å². The van der Waals surface area contributed by atoms with Gasteiger partial charge in [-0.3, -0.25) is 9.59 Å². The maximum absolute atomic E-state index is 12.0. The molecule has 2 aromatic carbocycles. The third-order valence-corrected chi connectivity index (χ3v) is 4.78. The standard InChI is InChI=1S/C21H17ClN4O2/c1-13(27)2-7-20(28)25-16-5-6-18-17(11-16)21(24-12-23-18)26-9-8-14-3-4-15(22)10-19(14)26/h2-7,10-12H,8-9H2,1H3,(H,25,28). The summed E-state index contributed by atoms with van der Waals surface area (Å²) in [6, 6.07) is 11.3. The van der Waals surface area contributed by atoms with Crippen LogP contribution in [0.2, 0.25) is 5.02 Å². The average molecular weight is 393 g/mol. The molecule has 7 heteroatoms. The van der Waals surface area contributed by atoms with Gasteiger partial charge in [0.15, 0.2) is 5.78 Å². The number of amides is 1. The van der Waals surface area contributed by atoms with Gasteiger partial charge in [-0.05, 0) is 55.3 Å². The molecule has 1 aliphatic heterocycles. The van der Waals surface area contributed by atoms with Gasteiger partial charge in [-0.25, -0.2) is 9.97 Å². The summed E-state index contributed by atoms with van der Waals surface area (Å²) in [6.45, 7) is 2.18. The van der Waals surface area contributed by atoms with Crippen LogP contribution in [0.25, 0.3) is 10.9 Å². The van der Waals surface area contributed by atoms with Crippen LogP contribution >= 0.6 is 11.6 Å². The number of nitrogens with zero attached hydrogens (tertiary/aromatic N) is 3. The monoisotopic (exact) mass is 392 g/mol. The van der Waals surface area contributed by atoms with Gasteiger partial charge in [0.2, 0.25) is 5.91 Å². The SMILES string of the molecule is CC(=O)C=CC(=O)Nc1ccc2ncnc(N3CCc4ccc(Cl)cc43)c2c1. The second-order valence-electron chi connectivity index (χ2n) is 6.54. The predicted molar refractivity (Wildman–Crippen MR) is 110 cm³/mol. The first-order valence-corrected chi connectivity index (χ1v) is 9.19. The second kappa shape index (κ2) is 7.40. The van der Waals surface area contributed by atoms with Crippen molar-refractivity contribution in [2.45, 2.75) is 13.3 Å². The molecule has 0 atom stereocenters. The molecule has 0 saturated carbocycles. The van der Waals surface area contributed by atoms with Crippen LogP contribution in [-0.2, 0) is 16.0 Å². The molecule has 4 rings (SSSR count). The van der Waals surface area contributed by atoms with Crippen molar-refractivity contribution in [3.05, 3.63) is 65.5 Å². The van der Waals surface area contributed by atoms with Crippen LogP contribution in [0.4, 0.5) is 17.2 Å². The van der Waals surface area contributed by atoms with Crippen LogP contribution in [0.15, 0.2) is 54.9 Å². The molecule has 1 aromatic heterocycles. The minimum absolute atomic E-state index is 0.185. The Kier molecular flexibility index (Phi) is 4.79. The highest BCUT2D eigenvalue weighted by Crippen LogP contribution is 2.38. The van der Waals surface area contributed by atoms with Crippen molar-refractivity contribution in [1.29, 1.82) is 0 Å². The summed E-state index contributed by atoms with van der Waals surface area (Å²) in [4.78, 5) is 33.9. The van der Waals surface area contributed by atoms with Crippen molar-refractivity contribution >= 4 is 51.4 Å². The molecule has 0 saturated heterocycles. The van der Waals surface area contributed by atoms with E-state index in [0.29, 0.717) is 10.7 Å². The third kappa shape index (κ3) is 3.59. The number of rotatable bonds is 4. The zero-order valence-corrected chi connectivity index (χ0v) is 15.9. The van der Waals surface area contributed by atoms with Gasteiger partial charge >= 0.3 is 0 Å². The zero-order chi connectivity index (χ0) is 19.7. The lowest BCUT2D eigenvalue weighted by atomic mass is 10.1. The summed E-state index contributed by atoms with van der Waals surface area (Å²) < 4.78 is 0. The van der Waals surface area contributed by atoms with Crippen LogP contribution in [0.5, 0.6) is 0 Å². The Morgan fingerprint density at radius 1 is 1.14 bits per heavy atom. The van der Waals surface area contributed by atoms with Crippen molar-refractivity contribution in [2.75, 3.05) is 16.8 Å². The van der Waals surface area contributed by atoms with Crippen molar-refractivity contribution in [3.63, 3.8) is 0 Å². The van der Waals surface area contributed by atoms with Crippen LogP contribution in [0, 0.1) is 0 Å². The Bertz CT molecular complexity index is 1130. The lowest BCUT2D eigenvalue weighted by Gasteiger charge is -2.20. The molecular weight excluding hydrogens is 376 g/mol. The number of carbonyl (C=O) groups excluding carboxylic acids is 2. The van der Waals surface area contributed by atoms with E-state index in [2.05, 4.69) is 20.2 Å². The van der Waals surface area contributed by atoms with Gasteiger partial charge in [0.1, 0.15) is 12.1 Å². The van der Waals surface area contributed by atoms with E-state index in [1.807, 2.05) is 30.3 Å². The van der Waals surface area contributed by atoms with Crippen molar-refractivity contribution in [2.24, 2.45) is 0 Å². The molecule has 3 aromatic rings. The maximum atomic E-state index is 12.0. The Morgan fingerprint density at radius 2 is 2.00 bits per heavy atom. The van der Waals surface area contributed by atoms with E-state index >= 15 is 0 Å². The Morgan fingerprint density at radius 3 is 2.82 bits per heavy atom. The highest BCUT2D eigenvalue weighted by Gasteiger charge is 2.23. The number of benzene rings is 2. The summed E-state index contributed by atoms with van der Waals surface area (Å²) in [5.41, 5.74) is 3.63. The quantitative estimate of drug-likeness (QED) is 0.677. The van der Waals surface area contributed by atoms with E-state index in [1.165, 1.54) is 31.0 Å². The van der Waals surface area contributed by atoms with Gasteiger partial charge < -0.3 is 10.2 Å². The summed E-state index contributed by atoms with van der Waals surface area (Å²) in [5.74, 6) is 0.211. The fourth-order valence-corrected chi connectivity index (χ4v) is 3.45. The number of carbonyl (C=O) groups is 2. The van der Waals surface area contributed by atoms with Crippen LogP contribution < -0.4 is 10.2 Å². The van der Waals surface area contributed by atoms with E-state index in [4.69, 9.17) is 11.6 Å². The van der Waals surface area contributed by atoms with E-state index in [1.54, 1.807) is 6.07 Å². The molecule has 28 heavy (non-hydrogen) atoms. The number of hydrogen-bond donors (Lipinski definition) is 1. The van der Waals surface area contributed by atoms with Crippen molar-refractivity contribution in [1.82, 2.24) is 9.97 Å². The summed E-state index contributed by atoms with van der Waals surface area (Å²) >= 11 is 6.19. The van der Waals surface area contributed by atoms with Crippen molar-refractivity contribution in [3.8, 4) is 0 Å². The van der Waals surface area contributed by atoms with E-state index in [9.17, 15) is 9.59 Å². The molecule has 6 nitrogen and oxygen atoms in total. The minimum Gasteiger partial charge on any atom is -0.325 e. The molecule has 0 aliphatic carbocycles. The first kappa shape index (κ1) is 18.1.